The van der Waals surface area contributed by atoms with E-state index in [9.17, 15) is 0 Å². The molecular weight excluding hydrogens is 270 g/mol. The van der Waals surface area contributed by atoms with Gasteiger partial charge < -0.3 is 10.1 Å². The number of benzene rings is 1. The van der Waals surface area contributed by atoms with Gasteiger partial charge in [-0.15, -0.1) is 0 Å². The second-order valence-electron chi connectivity index (χ2n) is 8.73. The van der Waals surface area contributed by atoms with Crippen LogP contribution in [0.25, 0.3) is 0 Å². The van der Waals surface area contributed by atoms with Crippen molar-refractivity contribution < 1.29 is 4.74 Å². The Morgan fingerprint density at radius 1 is 1.09 bits per heavy atom. The molecule has 2 nitrogen and oxygen atoms in total. The van der Waals surface area contributed by atoms with Crippen LogP contribution in [0, 0.1) is 5.92 Å². The van der Waals surface area contributed by atoms with Gasteiger partial charge in [0, 0.05) is 12.5 Å². The first-order valence-electron chi connectivity index (χ1n) is 8.66. The fraction of sp³-hybridized carbons (Fsp3) is 0.700. The van der Waals surface area contributed by atoms with E-state index < -0.39 is 0 Å². The van der Waals surface area contributed by atoms with E-state index >= 15 is 0 Å². The molecule has 0 amide bonds. The smallest absolute Gasteiger partial charge is 0.123 e. The van der Waals surface area contributed by atoms with Crippen LogP contribution < -0.4 is 10.1 Å². The van der Waals surface area contributed by atoms with E-state index in [1.165, 1.54) is 24.0 Å². The third-order valence-corrected chi connectivity index (χ3v) is 4.53. The minimum atomic E-state index is 0.0986. The Morgan fingerprint density at radius 2 is 1.82 bits per heavy atom. The molecule has 0 saturated carbocycles. The van der Waals surface area contributed by atoms with Gasteiger partial charge in [0.1, 0.15) is 5.75 Å². The van der Waals surface area contributed by atoms with Crippen LogP contribution in [0.3, 0.4) is 0 Å². The van der Waals surface area contributed by atoms with Gasteiger partial charge in [0.05, 0.1) is 6.61 Å². The highest BCUT2D eigenvalue weighted by molar-refractivity contribution is 5.43. The summed E-state index contributed by atoms with van der Waals surface area (Å²) >= 11 is 0. The van der Waals surface area contributed by atoms with Crippen molar-refractivity contribution in [1.82, 2.24) is 5.32 Å². The summed E-state index contributed by atoms with van der Waals surface area (Å²) in [4.78, 5) is 0. The third kappa shape index (κ3) is 4.49. The lowest BCUT2D eigenvalue weighted by molar-refractivity contribution is 0.215. The maximum atomic E-state index is 6.23. The Balaban J connectivity index is 2.18. The number of hydrogen-bond acceptors (Lipinski definition) is 2. The highest BCUT2D eigenvalue weighted by Crippen LogP contribution is 2.35. The summed E-state index contributed by atoms with van der Waals surface area (Å²) in [6.07, 6.45) is 2.54. The lowest BCUT2D eigenvalue weighted by Crippen LogP contribution is -2.33. The molecule has 1 aliphatic heterocycles. The molecule has 1 aromatic carbocycles. The summed E-state index contributed by atoms with van der Waals surface area (Å²) in [7, 11) is 0. The maximum absolute atomic E-state index is 6.23. The van der Waals surface area contributed by atoms with Crippen molar-refractivity contribution in [2.75, 3.05) is 19.7 Å². The summed E-state index contributed by atoms with van der Waals surface area (Å²) < 4.78 is 6.23. The third-order valence-electron chi connectivity index (χ3n) is 4.53. The molecular formula is C20H33NO. The predicted molar refractivity (Wildman–Crippen MR) is 94.9 cm³/mol. The Morgan fingerprint density at radius 3 is 2.36 bits per heavy atom. The lowest BCUT2D eigenvalue weighted by Gasteiger charge is -2.29. The fourth-order valence-corrected chi connectivity index (χ4v) is 2.98. The van der Waals surface area contributed by atoms with Gasteiger partial charge >= 0.3 is 0 Å². The van der Waals surface area contributed by atoms with Gasteiger partial charge in [0.15, 0.2) is 0 Å². The number of hydrogen-bond donors (Lipinski definition) is 1. The maximum Gasteiger partial charge on any atom is 0.123 e. The van der Waals surface area contributed by atoms with E-state index in [2.05, 4.69) is 65.1 Å². The van der Waals surface area contributed by atoms with E-state index in [-0.39, 0.29) is 10.8 Å². The molecule has 22 heavy (non-hydrogen) atoms. The van der Waals surface area contributed by atoms with Crippen LogP contribution in [0.4, 0.5) is 0 Å². The van der Waals surface area contributed by atoms with Crippen LogP contribution in [0.15, 0.2) is 18.2 Å². The molecule has 0 radical (unpaired) electrons. The normalized spacial score (nSPS) is 20.0. The van der Waals surface area contributed by atoms with Crippen LogP contribution in [-0.2, 0) is 10.8 Å². The molecule has 2 rings (SSSR count). The molecule has 2 heteroatoms. The quantitative estimate of drug-likeness (QED) is 0.877. The van der Waals surface area contributed by atoms with Gasteiger partial charge in [-0.1, -0.05) is 53.7 Å². The van der Waals surface area contributed by atoms with Crippen molar-refractivity contribution in [2.45, 2.75) is 65.2 Å². The van der Waals surface area contributed by atoms with Crippen LogP contribution in [0.1, 0.15) is 65.5 Å². The van der Waals surface area contributed by atoms with E-state index in [1.807, 2.05) is 0 Å². The molecule has 0 spiro atoms. The first-order valence-corrected chi connectivity index (χ1v) is 8.66. The van der Waals surface area contributed by atoms with Crippen molar-refractivity contribution in [3.05, 3.63) is 29.3 Å². The molecule has 1 saturated heterocycles. The molecule has 0 aliphatic carbocycles. The second kappa shape index (κ2) is 6.62. The fourth-order valence-electron chi connectivity index (χ4n) is 2.98. The van der Waals surface area contributed by atoms with Crippen molar-refractivity contribution in [2.24, 2.45) is 5.92 Å². The number of ether oxygens (including phenoxy) is 1. The highest BCUT2D eigenvalue weighted by atomic mass is 16.5. The molecule has 1 heterocycles. The Kier molecular flexibility index (Phi) is 5.21. The standard InChI is InChI=1S/C20H33NO/c1-19(2,3)16-9-10-18(17(12-16)20(4,5)6)22-14-15-8-7-11-21-13-15/h9-10,12,15,21H,7-8,11,13-14H2,1-6H3/t15-/m1/s1. The molecule has 0 bridgehead atoms. The monoisotopic (exact) mass is 303 g/mol. The SMILES string of the molecule is CC(C)(C)c1ccc(OC[C@@H]2CCCNC2)c(C(C)(C)C)c1. The van der Waals surface area contributed by atoms with Crippen LogP contribution in [0.2, 0.25) is 0 Å². The average molecular weight is 303 g/mol. The lowest BCUT2D eigenvalue weighted by atomic mass is 9.80. The number of nitrogens with one attached hydrogen (secondary N) is 1. The van der Waals surface area contributed by atoms with Gasteiger partial charge in [0.2, 0.25) is 0 Å². The zero-order valence-corrected chi connectivity index (χ0v) is 15.3. The summed E-state index contributed by atoms with van der Waals surface area (Å²) in [6.45, 7) is 16.7. The van der Waals surface area contributed by atoms with Gasteiger partial charge in [-0.25, -0.2) is 0 Å². The van der Waals surface area contributed by atoms with E-state index in [1.54, 1.807) is 0 Å². The average Bonchev–Trinajstić information content (AvgIpc) is 2.44. The topological polar surface area (TPSA) is 21.3 Å². The second-order valence-corrected chi connectivity index (χ2v) is 8.73. The van der Waals surface area contributed by atoms with E-state index in [0.29, 0.717) is 5.92 Å². The Bertz CT molecular complexity index is 487. The number of rotatable bonds is 3. The van der Waals surface area contributed by atoms with Crippen LogP contribution in [0.5, 0.6) is 5.75 Å². The van der Waals surface area contributed by atoms with Gasteiger partial charge in [-0.05, 0) is 47.4 Å². The molecule has 124 valence electrons. The zero-order valence-electron chi connectivity index (χ0n) is 15.3. The molecule has 1 atom stereocenters. The molecule has 1 fully saturated rings. The Labute approximate surface area is 136 Å². The van der Waals surface area contributed by atoms with Crippen molar-refractivity contribution >= 4 is 0 Å². The van der Waals surface area contributed by atoms with Crippen LogP contribution >= 0.6 is 0 Å². The molecule has 1 aliphatic rings. The first kappa shape index (κ1) is 17.3. The summed E-state index contributed by atoms with van der Waals surface area (Å²) in [5.74, 6) is 1.70. The summed E-state index contributed by atoms with van der Waals surface area (Å²) in [6, 6.07) is 6.75. The first-order chi connectivity index (χ1) is 10.2. The minimum Gasteiger partial charge on any atom is -0.493 e. The molecule has 0 aromatic heterocycles. The number of piperidine rings is 1. The largest absolute Gasteiger partial charge is 0.493 e. The summed E-state index contributed by atoms with van der Waals surface area (Å²) in [5, 5.41) is 3.46. The predicted octanol–water partition coefficient (Wildman–Crippen LogP) is 4.66. The Hall–Kier alpha value is -1.02. The molecule has 1 N–H and O–H groups in total. The summed E-state index contributed by atoms with van der Waals surface area (Å²) in [5.41, 5.74) is 2.97. The molecule has 1 aromatic rings. The molecule has 0 unspecified atom stereocenters. The van der Waals surface area contributed by atoms with Gasteiger partial charge in [-0.3, -0.25) is 0 Å². The van der Waals surface area contributed by atoms with Crippen LogP contribution in [-0.4, -0.2) is 19.7 Å². The van der Waals surface area contributed by atoms with E-state index in [4.69, 9.17) is 4.74 Å². The minimum absolute atomic E-state index is 0.0986. The van der Waals surface area contributed by atoms with E-state index in [0.717, 1.165) is 25.4 Å². The van der Waals surface area contributed by atoms with Crippen molar-refractivity contribution in [3.8, 4) is 5.75 Å². The van der Waals surface area contributed by atoms with Crippen molar-refractivity contribution in [3.63, 3.8) is 0 Å². The highest BCUT2D eigenvalue weighted by Gasteiger charge is 2.23. The van der Waals surface area contributed by atoms with Crippen molar-refractivity contribution in [1.29, 1.82) is 0 Å². The van der Waals surface area contributed by atoms with Gasteiger partial charge in [-0.2, -0.15) is 0 Å². The van der Waals surface area contributed by atoms with Gasteiger partial charge in [0.25, 0.3) is 0 Å². The zero-order chi connectivity index (χ0) is 16.4.